The highest BCUT2D eigenvalue weighted by Gasteiger charge is 2.33. The fraction of sp³-hybridized carbons (Fsp3) is 0.750. The van der Waals surface area contributed by atoms with Crippen molar-refractivity contribution in [3.8, 4) is 0 Å². The first-order valence-corrected chi connectivity index (χ1v) is 8.30. The molecule has 0 fully saturated rings. The van der Waals surface area contributed by atoms with Gasteiger partial charge < -0.3 is 22.1 Å². The molecule has 0 rings (SSSR count). The van der Waals surface area contributed by atoms with Crippen LogP contribution in [0.15, 0.2) is 12.3 Å². The maximum atomic E-state index is 4.96. The van der Waals surface area contributed by atoms with Crippen molar-refractivity contribution < 1.29 is 22.1 Å². The average molecular weight is 254 g/mol. The van der Waals surface area contributed by atoms with Gasteiger partial charge in [-0.05, 0) is 12.2 Å². The Morgan fingerprint density at radius 3 is 1.27 bits per heavy atom. The van der Waals surface area contributed by atoms with Crippen molar-refractivity contribution >= 4 is 18.1 Å². The minimum Gasteiger partial charge on any atom is -0.400 e. The SMILES string of the molecule is C=C[Si](OC)(OC)OC.CO[SiH](C)OC. The standard InChI is InChI=1S/C5H12O3Si.C3H10O2Si/c1-5-9(6-2,7-3)8-4;1-4-6(3)5-2/h5H,1H2,2-4H3;6H,1-3H3. The smallest absolute Gasteiger partial charge is 0.400 e. The Balaban J connectivity index is 0. The summed E-state index contributed by atoms with van der Waals surface area (Å²) in [4.78, 5) is 0. The van der Waals surface area contributed by atoms with E-state index in [9.17, 15) is 0 Å². The molecule has 5 nitrogen and oxygen atoms in total. The van der Waals surface area contributed by atoms with Crippen LogP contribution < -0.4 is 0 Å². The van der Waals surface area contributed by atoms with E-state index in [-0.39, 0.29) is 0 Å². The molecule has 0 aliphatic carbocycles. The van der Waals surface area contributed by atoms with Crippen molar-refractivity contribution in [3.05, 3.63) is 12.3 Å². The first-order chi connectivity index (χ1) is 7.05. The van der Waals surface area contributed by atoms with Crippen molar-refractivity contribution in [1.82, 2.24) is 0 Å². The molecule has 0 heterocycles. The summed E-state index contributed by atoms with van der Waals surface area (Å²) in [7, 11) is 4.37. The molecule has 0 aliphatic rings. The van der Waals surface area contributed by atoms with Crippen LogP contribution in [-0.4, -0.2) is 53.6 Å². The minimum atomic E-state index is -2.43. The summed E-state index contributed by atoms with van der Waals surface area (Å²) in [5, 5.41) is 0. The number of hydrogen-bond acceptors (Lipinski definition) is 5. The van der Waals surface area contributed by atoms with Crippen LogP contribution >= 0.6 is 0 Å². The molecule has 7 heteroatoms. The highest BCUT2D eigenvalue weighted by Crippen LogP contribution is 2.04. The van der Waals surface area contributed by atoms with Gasteiger partial charge >= 0.3 is 18.1 Å². The van der Waals surface area contributed by atoms with Crippen LogP contribution in [0.25, 0.3) is 0 Å². The van der Waals surface area contributed by atoms with Gasteiger partial charge in [-0.25, -0.2) is 0 Å². The second-order valence-corrected chi connectivity index (χ2v) is 7.38. The molecule has 0 radical (unpaired) electrons. The summed E-state index contributed by atoms with van der Waals surface area (Å²) in [6.45, 7) is 5.50. The van der Waals surface area contributed by atoms with E-state index in [2.05, 4.69) is 6.58 Å². The van der Waals surface area contributed by atoms with Crippen molar-refractivity contribution in [2.75, 3.05) is 35.5 Å². The minimum absolute atomic E-state index is 1.16. The molecule has 0 aromatic heterocycles. The summed E-state index contributed by atoms with van der Waals surface area (Å²) >= 11 is 0. The molecule has 0 aromatic carbocycles. The summed E-state index contributed by atoms with van der Waals surface area (Å²) < 4.78 is 24.5. The van der Waals surface area contributed by atoms with Gasteiger partial charge in [-0.2, -0.15) is 0 Å². The van der Waals surface area contributed by atoms with Gasteiger partial charge in [-0.15, -0.1) is 0 Å². The van der Waals surface area contributed by atoms with Crippen LogP contribution in [0.3, 0.4) is 0 Å². The average Bonchev–Trinajstić information content (AvgIpc) is 2.32. The zero-order valence-electron chi connectivity index (χ0n) is 10.4. The van der Waals surface area contributed by atoms with Crippen LogP contribution in [0.5, 0.6) is 0 Å². The van der Waals surface area contributed by atoms with Crippen LogP contribution in [-0.2, 0) is 22.1 Å². The molecule has 0 atom stereocenters. The van der Waals surface area contributed by atoms with E-state index < -0.39 is 18.1 Å². The largest absolute Gasteiger partial charge is 0.528 e. The molecule has 92 valence electrons. The van der Waals surface area contributed by atoms with Gasteiger partial charge in [0.2, 0.25) is 0 Å². The fourth-order valence-corrected chi connectivity index (χ4v) is 1.79. The van der Waals surface area contributed by atoms with E-state index in [1.165, 1.54) is 0 Å². The summed E-state index contributed by atoms with van der Waals surface area (Å²) in [6, 6.07) is 0. The van der Waals surface area contributed by atoms with Crippen molar-refractivity contribution in [1.29, 1.82) is 0 Å². The van der Waals surface area contributed by atoms with E-state index in [4.69, 9.17) is 22.1 Å². The maximum Gasteiger partial charge on any atom is 0.528 e. The molecule has 0 saturated heterocycles. The number of hydrogen-bond donors (Lipinski definition) is 0. The van der Waals surface area contributed by atoms with Crippen LogP contribution in [0.4, 0.5) is 0 Å². The molecule has 0 spiro atoms. The molecule has 0 unspecified atom stereocenters. The second-order valence-electron chi connectivity index (χ2n) is 2.46. The molecule has 0 saturated carbocycles. The Kier molecular flexibility index (Phi) is 12.1. The zero-order valence-corrected chi connectivity index (χ0v) is 12.6. The van der Waals surface area contributed by atoms with E-state index in [0.717, 1.165) is 0 Å². The van der Waals surface area contributed by atoms with Gasteiger partial charge in [0.15, 0.2) is 0 Å². The van der Waals surface area contributed by atoms with Crippen LogP contribution in [0, 0.1) is 0 Å². The molecule has 0 aliphatic heterocycles. The Bertz CT molecular complexity index is 140. The van der Waals surface area contributed by atoms with E-state index in [1.54, 1.807) is 41.2 Å². The van der Waals surface area contributed by atoms with E-state index in [0.29, 0.717) is 0 Å². The van der Waals surface area contributed by atoms with Crippen LogP contribution in [0.2, 0.25) is 6.55 Å². The summed E-state index contributed by atoms with van der Waals surface area (Å²) in [5.41, 5.74) is 1.58. The highest BCUT2D eigenvalue weighted by atomic mass is 28.4. The molecule has 0 amide bonds. The maximum absolute atomic E-state index is 4.96. The molecular formula is C8H22O5Si2. The summed E-state index contributed by atoms with van der Waals surface area (Å²) in [6.07, 6.45) is 0. The van der Waals surface area contributed by atoms with Crippen LogP contribution in [0.1, 0.15) is 0 Å². The van der Waals surface area contributed by atoms with Gasteiger partial charge in [-0.3, -0.25) is 0 Å². The third-order valence-electron chi connectivity index (χ3n) is 1.77. The lowest BCUT2D eigenvalue weighted by molar-refractivity contribution is 0.138. The quantitative estimate of drug-likeness (QED) is 0.654. The highest BCUT2D eigenvalue weighted by molar-refractivity contribution is 6.66. The molecule has 0 aromatic rings. The molecule has 0 N–H and O–H groups in total. The van der Waals surface area contributed by atoms with Gasteiger partial charge in [0, 0.05) is 35.5 Å². The lowest BCUT2D eigenvalue weighted by Gasteiger charge is -2.19. The molecular weight excluding hydrogens is 232 g/mol. The normalized spacial score (nSPS) is 10.9. The third kappa shape index (κ3) is 7.85. The Hall–Kier alpha value is -0.0262. The van der Waals surface area contributed by atoms with Gasteiger partial charge in [-0.1, -0.05) is 6.58 Å². The Morgan fingerprint density at radius 2 is 1.27 bits per heavy atom. The van der Waals surface area contributed by atoms with Crippen molar-refractivity contribution in [2.45, 2.75) is 6.55 Å². The zero-order chi connectivity index (χ0) is 12.3. The second kappa shape index (κ2) is 10.5. The predicted molar refractivity (Wildman–Crippen MR) is 64.0 cm³/mol. The first kappa shape index (κ1) is 17.4. The first-order valence-electron chi connectivity index (χ1n) is 4.40. The van der Waals surface area contributed by atoms with Crippen molar-refractivity contribution in [2.24, 2.45) is 0 Å². The van der Waals surface area contributed by atoms with Gasteiger partial charge in [0.1, 0.15) is 0 Å². The Morgan fingerprint density at radius 1 is 0.933 bits per heavy atom. The number of rotatable bonds is 6. The van der Waals surface area contributed by atoms with E-state index in [1.807, 2.05) is 6.55 Å². The van der Waals surface area contributed by atoms with Crippen molar-refractivity contribution in [3.63, 3.8) is 0 Å². The fourth-order valence-electron chi connectivity index (χ4n) is 0.596. The topological polar surface area (TPSA) is 46.2 Å². The lowest BCUT2D eigenvalue weighted by atomic mass is 11.3. The third-order valence-corrected chi connectivity index (χ3v) is 5.30. The van der Waals surface area contributed by atoms with E-state index >= 15 is 0 Å². The predicted octanol–water partition coefficient (Wildman–Crippen LogP) is 0.719. The van der Waals surface area contributed by atoms with Gasteiger partial charge in [0.25, 0.3) is 0 Å². The molecule has 0 bridgehead atoms. The monoisotopic (exact) mass is 254 g/mol. The van der Waals surface area contributed by atoms with Gasteiger partial charge in [0.05, 0.1) is 0 Å². The molecule has 15 heavy (non-hydrogen) atoms. The lowest BCUT2D eigenvalue weighted by Crippen LogP contribution is -2.40. The Labute approximate surface area is 95.2 Å². The summed E-state index contributed by atoms with van der Waals surface area (Å²) in [5.74, 6) is 0.